The Kier molecular flexibility index (Phi) is 4.34. The molecule has 0 spiro atoms. The Morgan fingerprint density at radius 2 is 1.91 bits per heavy atom. The highest BCUT2D eigenvalue weighted by Gasteiger charge is 2.08. The van der Waals surface area contributed by atoms with E-state index in [2.05, 4.69) is 26.1 Å². The van der Waals surface area contributed by atoms with Crippen LogP contribution in [0, 0.1) is 5.41 Å². The van der Waals surface area contributed by atoms with Gasteiger partial charge in [0.2, 0.25) is 0 Å². The van der Waals surface area contributed by atoms with Crippen molar-refractivity contribution in [1.82, 2.24) is 5.32 Å². The molecule has 0 aromatic rings. The summed E-state index contributed by atoms with van der Waals surface area (Å²) in [6.45, 7) is 9.64. The van der Waals surface area contributed by atoms with E-state index in [4.69, 9.17) is 0 Å². The zero-order valence-electron chi connectivity index (χ0n) is 8.03. The Bertz CT molecular complexity index is 124. The zero-order chi connectivity index (χ0) is 8.91. The second kappa shape index (κ2) is 4.50. The van der Waals surface area contributed by atoms with Gasteiger partial charge in [0.15, 0.2) is 0 Å². The van der Waals surface area contributed by atoms with Gasteiger partial charge in [0.1, 0.15) is 5.78 Å². The largest absolute Gasteiger partial charge is 0.310 e. The molecular weight excluding hydrogens is 138 g/mol. The number of rotatable bonds is 4. The average molecular weight is 157 g/mol. The maximum absolute atomic E-state index is 10.5. The number of hydrogen-bond acceptors (Lipinski definition) is 2. The maximum Gasteiger partial charge on any atom is 0.143 e. The maximum atomic E-state index is 10.5. The minimum Gasteiger partial charge on any atom is -0.310 e. The summed E-state index contributed by atoms with van der Waals surface area (Å²) in [5.41, 5.74) is 0.365. The number of Topliss-reactive ketones (excluding diaryl/α,β-unsaturated/α-hetero) is 1. The van der Waals surface area contributed by atoms with Gasteiger partial charge in [-0.05, 0) is 25.3 Å². The van der Waals surface area contributed by atoms with Crippen molar-refractivity contribution in [3.8, 4) is 0 Å². The summed E-state index contributed by atoms with van der Waals surface area (Å²) in [6, 6.07) is 0. The third kappa shape index (κ3) is 9.63. The first-order valence-corrected chi connectivity index (χ1v) is 4.12. The van der Waals surface area contributed by atoms with Crippen molar-refractivity contribution < 1.29 is 4.79 Å². The van der Waals surface area contributed by atoms with Gasteiger partial charge in [-0.2, -0.15) is 0 Å². The van der Waals surface area contributed by atoms with Gasteiger partial charge in [0.05, 0.1) is 6.54 Å². The number of carbonyl (C=O) groups excluding carboxylic acids is 1. The normalized spacial score (nSPS) is 11.6. The third-order valence-electron chi connectivity index (χ3n) is 1.43. The van der Waals surface area contributed by atoms with Gasteiger partial charge < -0.3 is 5.32 Å². The summed E-state index contributed by atoms with van der Waals surface area (Å²) in [6.07, 6.45) is 1.11. The number of ketones is 1. The SMILES string of the molecule is CC(=O)CNCCC(C)(C)C. The fourth-order valence-corrected chi connectivity index (χ4v) is 0.728. The molecular formula is C9H19NO. The van der Waals surface area contributed by atoms with Crippen LogP contribution in [0.25, 0.3) is 0 Å². The van der Waals surface area contributed by atoms with Crippen molar-refractivity contribution in [2.45, 2.75) is 34.1 Å². The van der Waals surface area contributed by atoms with Crippen LogP contribution in [0.3, 0.4) is 0 Å². The molecule has 0 aromatic heterocycles. The van der Waals surface area contributed by atoms with E-state index in [-0.39, 0.29) is 5.78 Å². The molecule has 2 heteroatoms. The van der Waals surface area contributed by atoms with Crippen molar-refractivity contribution in [3.05, 3.63) is 0 Å². The predicted molar refractivity (Wildman–Crippen MR) is 47.6 cm³/mol. The first-order chi connectivity index (χ1) is 4.92. The second-order valence-electron chi connectivity index (χ2n) is 4.19. The van der Waals surface area contributed by atoms with Gasteiger partial charge in [-0.3, -0.25) is 4.79 Å². The molecule has 0 fully saturated rings. The number of hydrogen-bond donors (Lipinski definition) is 1. The fraction of sp³-hybridized carbons (Fsp3) is 0.889. The standard InChI is InChI=1S/C9H19NO/c1-8(11)7-10-6-5-9(2,3)4/h10H,5-7H2,1-4H3. The molecule has 0 saturated heterocycles. The van der Waals surface area contributed by atoms with E-state index >= 15 is 0 Å². The first kappa shape index (κ1) is 10.6. The van der Waals surface area contributed by atoms with Crippen LogP contribution in [0.1, 0.15) is 34.1 Å². The molecule has 0 atom stereocenters. The Labute approximate surface area is 69.4 Å². The minimum absolute atomic E-state index is 0.207. The van der Waals surface area contributed by atoms with Crippen LogP contribution in [0.2, 0.25) is 0 Å². The lowest BCUT2D eigenvalue weighted by molar-refractivity contribution is -0.116. The Balaban J connectivity index is 3.22. The highest BCUT2D eigenvalue weighted by molar-refractivity contribution is 5.77. The molecule has 0 radical (unpaired) electrons. The van der Waals surface area contributed by atoms with E-state index in [1.165, 1.54) is 0 Å². The Morgan fingerprint density at radius 1 is 1.36 bits per heavy atom. The van der Waals surface area contributed by atoms with E-state index in [0.29, 0.717) is 12.0 Å². The molecule has 0 rings (SSSR count). The predicted octanol–water partition coefficient (Wildman–Crippen LogP) is 1.60. The quantitative estimate of drug-likeness (QED) is 0.628. The topological polar surface area (TPSA) is 29.1 Å². The third-order valence-corrected chi connectivity index (χ3v) is 1.43. The molecule has 0 aliphatic heterocycles. The van der Waals surface area contributed by atoms with Crippen LogP contribution >= 0.6 is 0 Å². The van der Waals surface area contributed by atoms with Crippen LogP contribution in [0.5, 0.6) is 0 Å². The van der Waals surface area contributed by atoms with Crippen LogP contribution < -0.4 is 5.32 Å². The van der Waals surface area contributed by atoms with E-state index < -0.39 is 0 Å². The molecule has 1 N–H and O–H groups in total. The molecule has 0 unspecified atom stereocenters. The molecule has 0 bridgehead atoms. The van der Waals surface area contributed by atoms with E-state index in [0.717, 1.165) is 13.0 Å². The van der Waals surface area contributed by atoms with Gasteiger partial charge in [-0.15, -0.1) is 0 Å². The van der Waals surface area contributed by atoms with Crippen molar-refractivity contribution >= 4 is 5.78 Å². The Hall–Kier alpha value is -0.370. The molecule has 0 aliphatic rings. The molecule has 0 saturated carbocycles. The van der Waals surface area contributed by atoms with Gasteiger partial charge in [-0.1, -0.05) is 20.8 Å². The summed E-state index contributed by atoms with van der Waals surface area (Å²) in [4.78, 5) is 10.5. The van der Waals surface area contributed by atoms with Gasteiger partial charge in [-0.25, -0.2) is 0 Å². The first-order valence-electron chi connectivity index (χ1n) is 4.12. The molecule has 11 heavy (non-hydrogen) atoms. The molecule has 0 amide bonds. The summed E-state index contributed by atoms with van der Waals surface area (Å²) in [5.74, 6) is 0.207. The highest BCUT2D eigenvalue weighted by Crippen LogP contribution is 2.16. The second-order valence-corrected chi connectivity index (χ2v) is 4.19. The molecule has 0 aliphatic carbocycles. The van der Waals surface area contributed by atoms with Gasteiger partial charge in [0.25, 0.3) is 0 Å². The Morgan fingerprint density at radius 3 is 2.27 bits per heavy atom. The lowest BCUT2D eigenvalue weighted by Crippen LogP contribution is -2.25. The van der Waals surface area contributed by atoms with Crippen molar-refractivity contribution in [3.63, 3.8) is 0 Å². The van der Waals surface area contributed by atoms with Crippen LogP contribution in [-0.2, 0) is 4.79 Å². The summed E-state index contributed by atoms with van der Waals surface area (Å²) < 4.78 is 0. The van der Waals surface area contributed by atoms with Crippen LogP contribution in [-0.4, -0.2) is 18.9 Å². The lowest BCUT2D eigenvalue weighted by Gasteiger charge is -2.17. The molecule has 66 valence electrons. The van der Waals surface area contributed by atoms with E-state index in [9.17, 15) is 4.79 Å². The minimum atomic E-state index is 0.207. The van der Waals surface area contributed by atoms with E-state index in [1.807, 2.05) is 0 Å². The molecule has 2 nitrogen and oxygen atoms in total. The fourth-order valence-electron chi connectivity index (χ4n) is 0.728. The highest BCUT2D eigenvalue weighted by atomic mass is 16.1. The van der Waals surface area contributed by atoms with E-state index in [1.54, 1.807) is 6.92 Å². The molecule has 0 heterocycles. The van der Waals surface area contributed by atoms with Gasteiger partial charge in [0, 0.05) is 0 Å². The average Bonchev–Trinajstić information content (AvgIpc) is 1.78. The van der Waals surface area contributed by atoms with Gasteiger partial charge >= 0.3 is 0 Å². The monoisotopic (exact) mass is 157 g/mol. The zero-order valence-corrected chi connectivity index (χ0v) is 8.03. The number of carbonyl (C=O) groups is 1. The van der Waals surface area contributed by atoms with Crippen molar-refractivity contribution in [2.24, 2.45) is 5.41 Å². The van der Waals surface area contributed by atoms with Crippen molar-refractivity contribution in [2.75, 3.05) is 13.1 Å². The number of nitrogens with one attached hydrogen (secondary N) is 1. The molecule has 0 aromatic carbocycles. The lowest BCUT2D eigenvalue weighted by atomic mass is 9.92. The smallest absolute Gasteiger partial charge is 0.143 e. The van der Waals surface area contributed by atoms with Crippen LogP contribution in [0.4, 0.5) is 0 Å². The summed E-state index contributed by atoms with van der Waals surface area (Å²) in [7, 11) is 0. The van der Waals surface area contributed by atoms with Crippen molar-refractivity contribution in [1.29, 1.82) is 0 Å². The summed E-state index contributed by atoms with van der Waals surface area (Å²) >= 11 is 0. The summed E-state index contributed by atoms with van der Waals surface area (Å²) in [5, 5.41) is 3.09. The van der Waals surface area contributed by atoms with Crippen LogP contribution in [0.15, 0.2) is 0 Å².